The van der Waals surface area contributed by atoms with Gasteiger partial charge in [-0.25, -0.2) is 4.79 Å². The van der Waals surface area contributed by atoms with Gasteiger partial charge in [-0.05, 0) is 98.5 Å². The first kappa shape index (κ1) is 39.3. The third-order valence-corrected chi connectivity index (χ3v) is 10.3. The van der Waals surface area contributed by atoms with Crippen LogP contribution in [0.25, 0.3) is 0 Å². The van der Waals surface area contributed by atoms with E-state index in [2.05, 4.69) is 21.3 Å². The van der Waals surface area contributed by atoms with E-state index in [1.807, 2.05) is 110 Å². The molecule has 4 aromatic carbocycles. The van der Waals surface area contributed by atoms with Crippen LogP contribution in [-0.4, -0.2) is 64.9 Å². The molecule has 0 radical (unpaired) electrons. The van der Waals surface area contributed by atoms with Crippen LogP contribution in [-0.2, 0) is 19.2 Å². The smallest absolute Gasteiger partial charge is 0.408 e. The topological polar surface area (TPSA) is 163 Å². The normalized spacial score (nSPS) is 18.5. The minimum atomic E-state index is -1.41. The molecule has 2 heterocycles. The number of rotatable bonds is 12. The fourth-order valence-electron chi connectivity index (χ4n) is 7.64. The summed E-state index contributed by atoms with van der Waals surface area (Å²) in [7, 11) is 0. The number of nitrogens with one attached hydrogen (secondary N) is 4. The molecule has 5 N–H and O–H groups in total. The number of carboxylic acid groups (broad SMARTS) is 1. The Morgan fingerprint density at radius 3 is 1.30 bits per heavy atom. The predicted octanol–water partition coefficient (Wildman–Crippen LogP) is 7.62. The van der Waals surface area contributed by atoms with Crippen molar-refractivity contribution in [2.45, 2.75) is 77.5 Å². The van der Waals surface area contributed by atoms with Crippen LogP contribution >= 0.6 is 0 Å². The first-order chi connectivity index (χ1) is 26.9. The van der Waals surface area contributed by atoms with Crippen LogP contribution in [0.4, 0.5) is 38.9 Å². The molecule has 2 aliphatic heterocycles. The molecule has 0 saturated heterocycles. The van der Waals surface area contributed by atoms with Crippen LogP contribution in [0.2, 0.25) is 0 Å². The van der Waals surface area contributed by atoms with Gasteiger partial charge in [0.05, 0.1) is 12.1 Å². The number of carbonyl (C=O) groups is 5. The maximum Gasteiger partial charge on any atom is 0.408 e. The highest BCUT2D eigenvalue weighted by atomic mass is 16.4. The molecule has 0 unspecified atom stereocenters. The molecular formula is C43H49N7O6. The molecule has 0 spiro atoms. The van der Waals surface area contributed by atoms with Gasteiger partial charge in [-0.15, -0.1) is 0 Å². The minimum Gasteiger partial charge on any atom is -0.465 e. The molecule has 0 bridgehead atoms. The van der Waals surface area contributed by atoms with Gasteiger partial charge in [0.25, 0.3) is 0 Å². The Morgan fingerprint density at radius 2 is 0.946 bits per heavy atom. The summed E-state index contributed by atoms with van der Waals surface area (Å²) in [5.74, 6) is -1.01. The van der Waals surface area contributed by atoms with Gasteiger partial charge in [-0.1, -0.05) is 50.2 Å². The fraction of sp³-hybridized carbons (Fsp3) is 0.326. The molecule has 4 aromatic rings. The summed E-state index contributed by atoms with van der Waals surface area (Å²) in [6.45, 7) is 6.73. The minimum absolute atomic E-state index is 0.0121. The SMILES string of the molecule is CCC(=O)N1c2ccccc2[C@H](Nc2ccc(NC(=O)CN(CC(=O)Nc3ccc(N[C@@H]4C[C@H](C)N(C(=O)CC)c5ccccc54)cc3)C(=O)O)cc2)C[C@@H]1C. The highest BCUT2D eigenvalue weighted by Crippen LogP contribution is 2.40. The monoisotopic (exact) mass is 759 g/mol. The van der Waals surface area contributed by atoms with E-state index in [0.29, 0.717) is 24.2 Å². The van der Waals surface area contributed by atoms with Crippen LogP contribution in [0, 0.1) is 0 Å². The van der Waals surface area contributed by atoms with E-state index < -0.39 is 31.0 Å². The van der Waals surface area contributed by atoms with E-state index in [-0.39, 0.29) is 36.0 Å². The Labute approximate surface area is 327 Å². The van der Waals surface area contributed by atoms with Crippen LogP contribution in [0.5, 0.6) is 0 Å². The average Bonchev–Trinajstić information content (AvgIpc) is 3.18. The van der Waals surface area contributed by atoms with Crippen molar-refractivity contribution in [3.63, 3.8) is 0 Å². The maximum atomic E-state index is 12.9. The molecule has 13 nitrogen and oxygen atoms in total. The first-order valence-electron chi connectivity index (χ1n) is 19.1. The standard InChI is InChI=1S/C43H49N7O6/c1-5-41(53)49-27(3)23-35(33-11-7-9-13-37(33)49)44-29-15-19-31(20-16-29)46-39(51)25-48(43(55)56)26-40(52)47-32-21-17-30(18-22-32)45-36-24-28(4)50(42(54)6-2)38-14-10-8-12-34(36)38/h7-22,27-28,35-36,44-45H,5-6,23-26H2,1-4H3,(H,46,51)(H,47,52)(H,55,56)/t27-,28-,35+,36+/m0/s1. The van der Waals surface area contributed by atoms with Crippen LogP contribution in [0.15, 0.2) is 97.1 Å². The van der Waals surface area contributed by atoms with E-state index >= 15 is 0 Å². The van der Waals surface area contributed by atoms with E-state index in [0.717, 1.165) is 51.6 Å². The zero-order valence-electron chi connectivity index (χ0n) is 32.1. The molecule has 5 amide bonds. The Balaban J connectivity index is 1.00. The highest BCUT2D eigenvalue weighted by Gasteiger charge is 2.34. The number of amides is 5. The number of nitrogens with zero attached hydrogens (tertiary/aromatic N) is 3. The van der Waals surface area contributed by atoms with Crippen LogP contribution < -0.4 is 31.1 Å². The molecule has 0 fully saturated rings. The van der Waals surface area contributed by atoms with Crippen molar-refractivity contribution in [2.24, 2.45) is 0 Å². The second-order valence-electron chi connectivity index (χ2n) is 14.3. The number of anilines is 6. The van der Waals surface area contributed by atoms with Gasteiger partial charge >= 0.3 is 6.09 Å². The number of para-hydroxylation sites is 2. The Kier molecular flexibility index (Phi) is 12.2. The number of hydrogen-bond acceptors (Lipinski definition) is 7. The zero-order chi connectivity index (χ0) is 39.9. The Hall–Kier alpha value is -6.37. The summed E-state index contributed by atoms with van der Waals surface area (Å²) < 4.78 is 0. The van der Waals surface area contributed by atoms with E-state index in [1.165, 1.54) is 0 Å². The van der Waals surface area contributed by atoms with Gasteiger partial charge in [0.1, 0.15) is 13.1 Å². The number of benzene rings is 4. The summed E-state index contributed by atoms with van der Waals surface area (Å²) in [5.41, 5.74) is 6.46. The maximum absolute atomic E-state index is 12.9. The lowest BCUT2D eigenvalue weighted by Crippen LogP contribution is -2.44. The van der Waals surface area contributed by atoms with Crippen molar-refractivity contribution in [1.82, 2.24) is 4.90 Å². The first-order valence-corrected chi connectivity index (χ1v) is 19.1. The van der Waals surface area contributed by atoms with Gasteiger partial charge in [0, 0.05) is 59.0 Å². The summed E-state index contributed by atoms with van der Waals surface area (Å²) in [6, 6.07) is 29.9. The number of carbonyl (C=O) groups excluding carboxylic acids is 4. The average molecular weight is 760 g/mol. The van der Waals surface area contributed by atoms with Crippen molar-refractivity contribution >= 4 is 63.8 Å². The summed E-state index contributed by atoms with van der Waals surface area (Å²) in [4.78, 5) is 67.7. The molecule has 6 rings (SSSR count). The van der Waals surface area contributed by atoms with Gasteiger partial charge in [0.15, 0.2) is 0 Å². The molecule has 2 aliphatic rings. The van der Waals surface area contributed by atoms with E-state index in [4.69, 9.17) is 0 Å². The van der Waals surface area contributed by atoms with Crippen molar-refractivity contribution < 1.29 is 29.1 Å². The zero-order valence-corrected chi connectivity index (χ0v) is 32.1. The lowest BCUT2D eigenvalue weighted by molar-refractivity contribution is -0.120. The molecule has 0 aliphatic carbocycles. The predicted molar refractivity (Wildman–Crippen MR) is 219 cm³/mol. The molecule has 292 valence electrons. The molecule has 0 saturated carbocycles. The third-order valence-electron chi connectivity index (χ3n) is 10.3. The van der Waals surface area contributed by atoms with Crippen LogP contribution in [0.1, 0.15) is 76.6 Å². The van der Waals surface area contributed by atoms with Crippen molar-refractivity contribution in [2.75, 3.05) is 44.2 Å². The van der Waals surface area contributed by atoms with Gasteiger partial charge in [-0.3, -0.25) is 24.1 Å². The molecule has 56 heavy (non-hydrogen) atoms. The molecule has 13 heteroatoms. The van der Waals surface area contributed by atoms with Crippen molar-refractivity contribution in [1.29, 1.82) is 0 Å². The van der Waals surface area contributed by atoms with Gasteiger partial charge in [0.2, 0.25) is 23.6 Å². The second-order valence-corrected chi connectivity index (χ2v) is 14.3. The van der Waals surface area contributed by atoms with Crippen molar-refractivity contribution in [3.8, 4) is 0 Å². The van der Waals surface area contributed by atoms with E-state index in [1.54, 1.807) is 24.3 Å². The summed E-state index contributed by atoms with van der Waals surface area (Å²) in [5, 5.41) is 22.3. The lowest BCUT2D eigenvalue weighted by atomic mass is 9.91. The summed E-state index contributed by atoms with van der Waals surface area (Å²) >= 11 is 0. The Morgan fingerprint density at radius 1 is 0.589 bits per heavy atom. The number of fused-ring (bicyclic) bond motifs is 2. The van der Waals surface area contributed by atoms with Gasteiger partial charge < -0.3 is 36.2 Å². The van der Waals surface area contributed by atoms with Gasteiger partial charge in [-0.2, -0.15) is 0 Å². The summed E-state index contributed by atoms with van der Waals surface area (Å²) in [6.07, 6.45) is 0.894. The van der Waals surface area contributed by atoms with Crippen LogP contribution in [0.3, 0.4) is 0 Å². The fourth-order valence-corrected chi connectivity index (χ4v) is 7.64. The molecule has 0 aromatic heterocycles. The molecular weight excluding hydrogens is 711 g/mol. The lowest BCUT2D eigenvalue weighted by Gasteiger charge is -2.40. The largest absolute Gasteiger partial charge is 0.465 e. The molecule has 4 atom stereocenters. The second kappa shape index (κ2) is 17.4. The van der Waals surface area contributed by atoms with E-state index in [9.17, 15) is 29.1 Å². The third kappa shape index (κ3) is 8.94. The number of hydrogen-bond donors (Lipinski definition) is 5. The quantitative estimate of drug-likeness (QED) is 0.0985. The Bertz CT molecular complexity index is 1930. The highest BCUT2D eigenvalue weighted by molar-refractivity contribution is 5.98. The van der Waals surface area contributed by atoms with Crippen molar-refractivity contribution in [3.05, 3.63) is 108 Å².